The number of carbonyl (C=O) groups is 2. The van der Waals surface area contributed by atoms with Gasteiger partial charge in [-0.15, -0.1) is 0 Å². The van der Waals surface area contributed by atoms with E-state index in [1.807, 2.05) is 29.9 Å². The third-order valence-corrected chi connectivity index (χ3v) is 10.4. The summed E-state index contributed by atoms with van der Waals surface area (Å²) in [6.45, 7) is 11.7. The molecule has 7 rings (SSSR count). The molecule has 2 aromatic carbocycles. The molecule has 55 heavy (non-hydrogen) atoms. The number of rotatable bonds is 14. The lowest BCUT2D eigenvalue weighted by Gasteiger charge is -2.27. The van der Waals surface area contributed by atoms with Crippen LogP contribution in [0.4, 0.5) is 5.69 Å². The van der Waals surface area contributed by atoms with Gasteiger partial charge in [0.1, 0.15) is 17.1 Å². The fourth-order valence-corrected chi connectivity index (χ4v) is 7.38. The van der Waals surface area contributed by atoms with Gasteiger partial charge >= 0.3 is 0 Å². The number of amides is 2. The van der Waals surface area contributed by atoms with Crippen LogP contribution in [0.3, 0.4) is 0 Å². The average Bonchev–Trinajstić information content (AvgIpc) is 3.66. The zero-order valence-corrected chi connectivity index (χ0v) is 32.0. The lowest BCUT2D eigenvalue weighted by atomic mass is 9.99. The molecule has 0 bridgehead atoms. The molecule has 2 fully saturated rings. The number of pyridine rings is 2. The van der Waals surface area contributed by atoms with E-state index in [0.717, 1.165) is 96.0 Å². The maximum atomic E-state index is 13.6. The molecule has 0 spiro atoms. The van der Waals surface area contributed by atoms with Crippen molar-refractivity contribution < 1.29 is 19.1 Å². The number of aryl methyl sites for hydroxylation is 2. The first-order valence-corrected chi connectivity index (χ1v) is 19.4. The van der Waals surface area contributed by atoms with Crippen molar-refractivity contribution in [1.82, 2.24) is 40.6 Å². The number of hydrogen-bond acceptors (Lipinski definition) is 10. The Bertz CT molecular complexity index is 2120. The number of carbonyl (C=O) groups excluding carboxylic acids is 2. The summed E-state index contributed by atoms with van der Waals surface area (Å²) in [5.41, 5.74) is 8.07. The van der Waals surface area contributed by atoms with E-state index in [1.165, 1.54) is 5.56 Å². The molecule has 2 aliphatic rings. The molecule has 0 aliphatic carbocycles. The quantitative estimate of drug-likeness (QED) is 0.123. The number of benzene rings is 2. The smallest absolute Gasteiger partial charge is 0.270 e. The van der Waals surface area contributed by atoms with Crippen molar-refractivity contribution in [3.05, 3.63) is 101 Å². The van der Waals surface area contributed by atoms with Crippen molar-refractivity contribution in [1.29, 1.82) is 0 Å². The second kappa shape index (κ2) is 17.8. The van der Waals surface area contributed by atoms with Gasteiger partial charge in [0.05, 0.1) is 24.4 Å². The normalized spacial score (nSPS) is 15.2. The predicted molar refractivity (Wildman–Crippen MR) is 213 cm³/mol. The van der Waals surface area contributed by atoms with E-state index < -0.39 is 0 Å². The highest BCUT2D eigenvalue weighted by Crippen LogP contribution is 2.33. The fraction of sp³-hybridized carbons (Fsp3) is 0.405. The summed E-state index contributed by atoms with van der Waals surface area (Å²) in [5, 5.41) is 18.7. The number of aromatic nitrogens is 4. The van der Waals surface area contributed by atoms with Gasteiger partial charge in [-0.05, 0) is 73.2 Å². The second-order valence-electron chi connectivity index (χ2n) is 14.0. The van der Waals surface area contributed by atoms with Crippen LogP contribution in [-0.4, -0.2) is 89.0 Å². The highest BCUT2D eigenvalue weighted by atomic mass is 16.5. The topological polar surface area (TPSA) is 148 Å². The minimum absolute atomic E-state index is 0.157. The van der Waals surface area contributed by atoms with Crippen molar-refractivity contribution in [2.75, 3.05) is 51.8 Å². The molecule has 0 unspecified atom stereocenters. The molecule has 288 valence electrons. The number of hydrogen-bond donors (Lipinski definition) is 4. The number of fused-ring (bicyclic) bond motifs is 1. The average molecular weight is 746 g/mol. The molecular weight excluding hydrogens is 695 g/mol. The Morgan fingerprint density at radius 2 is 1.65 bits per heavy atom. The number of methoxy groups -OCH3 is 1. The zero-order chi connectivity index (χ0) is 38.1. The maximum Gasteiger partial charge on any atom is 0.270 e. The van der Waals surface area contributed by atoms with E-state index in [9.17, 15) is 9.59 Å². The van der Waals surface area contributed by atoms with Crippen LogP contribution in [-0.2, 0) is 37.3 Å². The minimum Gasteiger partial charge on any atom is -0.496 e. The predicted octanol–water partition coefficient (Wildman–Crippen LogP) is 4.94. The highest BCUT2D eigenvalue weighted by molar-refractivity contribution is 5.97. The molecule has 3 aromatic heterocycles. The number of piperazine rings is 1. The van der Waals surface area contributed by atoms with E-state index >= 15 is 0 Å². The molecule has 13 heteroatoms. The maximum absolute atomic E-state index is 13.6. The molecule has 5 heterocycles. The summed E-state index contributed by atoms with van der Waals surface area (Å²) in [5.74, 6) is 0.0138. The van der Waals surface area contributed by atoms with Gasteiger partial charge in [0.25, 0.3) is 11.8 Å². The molecule has 13 nitrogen and oxygen atoms in total. The third kappa shape index (κ3) is 8.96. The van der Waals surface area contributed by atoms with E-state index in [4.69, 9.17) is 14.5 Å². The zero-order valence-electron chi connectivity index (χ0n) is 32.0. The van der Waals surface area contributed by atoms with Gasteiger partial charge in [-0.3, -0.25) is 14.5 Å². The Hall–Kier alpha value is -5.37. The molecule has 5 aromatic rings. The molecule has 2 saturated heterocycles. The Labute approximate surface area is 322 Å². The Balaban J connectivity index is 1.03. The van der Waals surface area contributed by atoms with Gasteiger partial charge in [-0.25, -0.2) is 14.6 Å². The molecule has 0 saturated carbocycles. The SMILES string of the molecule is CCc1nc2c(cnn2CC)c(NC2CCOCC2)c1CNC(=O)c1cccc(C(=O)NCc2ccc(OC)c(-c3cccc(CN4CCNCC4)c3)c2)n1. The molecule has 2 amide bonds. The minimum atomic E-state index is -0.378. The van der Waals surface area contributed by atoms with Crippen molar-refractivity contribution >= 4 is 28.5 Å². The molecular formula is C42H51N9O4. The standard InChI is InChI=1S/C42H51N9O4/c1-4-35-33(39(47-31-14-20-55-21-15-31)34-26-46-51(5-2)40(34)49-35)25-45-42(53)37-11-7-10-36(48-37)41(52)44-24-28-12-13-38(54-3)32(23-28)30-9-6-8-29(22-30)27-50-18-16-43-17-19-50/h6-13,22-23,26,31,43H,4-5,14-21,24-25,27H2,1-3H3,(H,44,52)(H,45,53)(H,47,49). The van der Waals surface area contributed by atoms with Gasteiger partial charge in [0.2, 0.25) is 0 Å². The molecule has 0 atom stereocenters. The van der Waals surface area contributed by atoms with Crippen molar-refractivity contribution in [2.24, 2.45) is 0 Å². The van der Waals surface area contributed by atoms with E-state index in [0.29, 0.717) is 26.2 Å². The number of ether oxygens (including phenoxy) is 2. The Kier molecular flexibility index (Phi) is 12.3. The Morgan fingerprint density at radius 1 is 0.909 bits per heavy atom. The summed E-state index contributed by atoms with van der Waals surface area (Å²) >= 11 is 0. The summed E-state index contributed by atoms with van der Waals surface area (Å²) in [4.78, 5) is 38.8. The first-order valence-electron chi connectivity index (χ1n) is 19.4. The molecule has 0 radical (unpaired) electrons. The summed E-state index contributed by atoms with van der Waals surface area (Å²) in [6.07, 6.45) is 4.32. The van der Waals surface area contributed by atoms with Gasteiger partial charge in [-0.2, -0.15) is 5.10 Å². The summed E-state index contributed by atoms with van der Waals surface area (Å²) < 4.78 is 13.2. The van der Waals surface area contributed by atoms with Crippen LogP contribution < -0.4 is 26.0 Å². The van der Waals surface area contributed by atoms with Crippen molar-refractivity contribution in [3.63, 3.8) is 0 Å². The summed E-state index contributed by atoms with van der Waals surface area (Å²) in [7, 11) is 1.67. The van der Waals surface area contributed by atoms with Gasteiger partial charge in [0, 0.05) is 88.4 Å². The van der Waals surface area contributed by atoms with Crippen LogP contribution in [0.5, 0.6) is 5.75 Å². The lowest BCUT2D eigenvalue weighted by Crippen LogP contribution is -2.42. The number of anilines is 1. The number of nitrogens with zero attached hydrogens (tertiary/aromatic N) is 5. The van der Waals surface area contributed by atoms with Crippen LogP contribution >= 0.6 is 0 Å². The number of nitrogens with one attached hydrogen (secondary N) is 4. The van der Waals surface area contributed by atoms with Crippen LogP contribution in [0.15, 0.2) is 66.9 Å². The largest absolute Gasteiger partial charge is 0.496 e. The van der Waals surface area contributed by atoms with E-state index in [1.54, 1.807) is 25.3 Å². The van der Waals surface area contributed by atoms with Crippen LogP contribution in [0.25, 0.3) is 22.2 Å². The van der Waals surface area contributed by atoms with Gasteiger partial charge in [-0.1, -0.05) is 37.3 Å². The van der Waals surface area contributed by atoms with Crippen molar-refractivity contribution in [3.8, 4) is 16.9 Å². The Morgan fingerprint density at radius 3 is 2.38 bits per heavy atom. The van der Waals surface area contributed by atoms with Crippen LogP contribution in [0.1, 0.15) is 70.1 Å². The molecule has 2 aliphatic heterocycles. The van der Waals surface area contributed by atoms with E-state index in [-0.39, 0.29) is 42.3 Å². The monoisotopic (exact) mass is 745 g/mol. The highest BCUT2D eigenvalue weighted by Gasteiger charge is 2.23. The van der Waals surface area contributed by atoms with Gasteiger partial charge in [0.15, 0.2) is 5.65 Å². The van der Waals surface area contributed by atoms with Gasteiger partial charge < -0.3 is 30.7 Å². The summed E-state index contributed by atoms with van der Waals surface area (Å²) in [6, 6.07) is 19.6. The van der Waals surface area contributed by atoms with Crippen LogP contribution in [0.2, 0.25) is 0 Å². The second-order valence-corrected chi connectivity index (χ2v) is 14.0. The fourth-order valence-electron chi connectivity index (χ4n) is 7.38. The van der Waals surface area contributed by atoms with E-state index in [2.05, 4.69) is 73.5 Å². The first kappa shape index (κ1) is 37.9. The van der Waals surface area contributed by atoms with Crippen LogP contribution in [0, 0.1) is 0 Å². The van der Waals surface area contributed by atoms with Crippen molar-refractivity contribution in [2.45, 2.75) is 65.3 Å². The first-order chi connectivity index (χ1) is 26.9. The molecule has 4 N–H and O–H groups in total. The third-order valence-electron chi connectivity index (χ3n) is 10.4. The lowest BCUT2D eigenvalue weighted by molar-refractivity contribution is 0.0904.